The number of carbonyl (C=O) groups excluding carboxylic acids is 1. The van der Waals surface area contributed by atoms with E-state index in [0.717, 1.165) is 40.4 Å². The van der Waals surface area contributed by atoms with Crippen molar-refractivity contribution >= 4 is 38.9 Å². The smallest absolute Gasteiger partial charge is 0.253 e. The molecule has 2 aromatic carbocycles. The van der Waals surface area contributed by atoms with Gasteiger partial charge in [-0.25, -0.2) is 18.5 Å². The quantitative estimate of drug-likeness (QED) is 0.375. The monoisotopic (exact) mass is 542 g/mol. The van der Waals surface area contributed by atoms with E-state index in [0.29, 0.717) is 18.8 Å². The number of likely N-dealkylation sites (tertiary alicyclic amines) is 1. The van der Waals surface area contributed by atoms with Gasteiger partial charge < -0.3 is 9.42 Å². The number of halogens is 1. The number of piperidine rings is 1. The minimum atomic E-state index is -4.03. The number of nitrogens with two attached hydrogens (primary N) is 1. The van der Waals surface area contributed by atoms with Crippen LogP contribution in [-0.4, -0.2) is 42.5 Å². The number of aromatic nitrogens is 2. The minimum absolute atomic E-state index is 0.00851. The Morgan fingerprint density at radius 3 is 2.58 bits per heavy atom. The molecule has 1 aliphatic rings. The van der Waals surface area contributed by atoms with Gasteiger partial charge in [0.05, 0.1) is 21.3 Å². The second-order valence-corrected chi connectivity index (χ2v) is 11.5. The lowest BCUT2D eigenvalue weighted by Gasteiger charge is -2.31. The summed E-state index contributed by atoms with van der Waals surface area (Å²) >= 11 is 7.55. The van der Waals surface area contributed by atoms with Gasteiger partial charge in [-0.1, -0.05) is 47.1 Å². The number of hydrogen-bond acceptors (Lipinski definition) is 7. The highest BCUT2D eigenvalue weighted by Crippen LogP contribution is 2.38. The molecule has 3 heterocycles. The van der Waals surface area contributed by atoms with E-state index in [4.69, 9.17) is 26.2 Å². The van der Waals surface area contributed by atoms with Crippen molar-refractivity contribution in [2.45, 2.75) is 30.6 Å². The first-order chi connectivity index (χ1) is 17.2. The summed E-state index contributed by atoms with van der Waals surface area (Å²) in [5.74, 6) is 0.689. The van der Waals surface area contributed by atoms with Gasteiger partial charge in [0.1, 0.15) is 16.3 Å². The molecule has 186 valence electrons. The standard InChI is InChI=1S/C25H23ClN4O4S2/c1-15-22(23(29-34-15)16-5-3-2-4-6-16)20-14-35-24(28-20)17-9-11-30(12-10-17)25(31)18-7-8-19(26)21(13-18)36(27,32)33/h2-8,13-14,17H,9-12H2,1H3,(H2,27,32,33). The predicted octanol–water partition coefficient (Wildman–Crippen LogP) is 5.09. The third-order valence-electron chi connectivity index (χ3n) is 6.30. The lowest BCUT2D eigenvalue weighted by atomic mass is 9.97. The van der Waals surface area contributed by atoms with Gasteiger partial charge >= 0.3 is 0 Å². The number of aryl methyl sites for hydroxylation is 1. The number of primary sulfonamides is 1. The van der Waals surface area contributed by atoms with Gasteiger partial charge in [0.2, 0.25) is 10.0 Å². The van der Waals surface area contributed by atoms with Crippen LogP contribution in [0.25, 0.3) is 22.5 Å². The van der Waals surface area contributed by atoms with Gasteiger partial charge in [-0.3, -0.25) is 4.79 Å². The number of sulfonamides is 1. The SMILES string of the molecule is Cc1onc(-c2ccccc2)c1-c1csc(C2CCN(C(=O)c3ccc(Cl)c(S(N)(=O)=O)c3)CC2)n1. The molecule has 1 saturated heterocycles. The zero-order valence-electron chi connectivity index (χ0n) is 19.3. The van der Waals surface area contributed by atoms with E-state index < -0.39 is 10.0 Å². The van der Waals surface area contributed by atoms with Gasteiger partial charge in [0.25, 0.3) is 5.91 Å². The first kappa shape index (κ1) is 24.6. The normalized spacial score (nSPS) is 14.8. The summed E-state index contributed by atoms with van der Waals surface area (Å²) in [4.78, 5) is 19.4. The van der Waals surface area contributed by atoms with Gasteiger partial charge in [-0.2, -0.15) is 0 Å². The van der Waals surface area contributed by atoms with Gasteiger partial charge in [0, 0.05) is 35.5 Å². The van der Waals surface area contributed by atoms with Crippen molar-refractivity contribution in [3.05, 3.63) is 75.3 Å². The molecule has 8 nitrogen and oxygen atoms in total. The second-order valence-electron chi connectivity index (χ2n) is 8.66. The van der Waals surface area contributed by atoms with Crippen LogP contribution in [0.1, 0.15) is 39.9 Å². The van der Waals surface area contributed by atoms with Crippen LogP contribution in [0.15, 0.2) is 63.3 Å². The third kappa shape index (κ3) is 4.81. The highest BCUT2D eigenvalue weighted by Gasteiger charge is 2.28. The number of carbonyl (C=O) groups is 1. The van der Waals surface area contributed by atoms with E-state index in [1.54, 1.807) is 16.2 Å². The van der Waals surface area contributed by atoms with Crippen molar-refractivity contribution in [1.29, 1.82) is 0 Å². The Kier molecular flexibility index (Phi) is 6.69. The predicted molar refractivity (Wildman–Crippen MR) is 138 cm³/mol. The van der Waals surface area contributed by atoms with E-state index in [1.807, 2.05) is 42.6 Å². The topological polar surface area (TPSA) is 119 Å². The Hall–Kier alpha value is -3.05. The van der Waals surface area contributed by atoms with E-state index >= 15 is 0 Å². The minimum Gasteiger partial charge on any atom is -0.360 e. The molecule has 0 unspecified atom stereocenters. The average Bonchev–Trinajstić information content (AvgIpc) is 3.50. The molecule has 1 aliphatic heterocycles. The molecule has 1 fully saturated rings. The van der Waals surface area contributed by atoms with Gasteiger partial charge in [0.15, 0.2) is 0 Å². The number of benzene rings is 2. The second kappa shape index (κ2) is 9.78. The molecule has 0 bridgehead atoms. The van der Waals surface area contributed by atoms with Crippen molar-refractivity contribution < 1.29 is 17.7 Å². The molecule has 2 N–H and O–H groups in total. The Balaban J connectivity index is 1.30. The highest BCUT2D eigenvalue weighted by molar-refractivity contribution is 7.89. The Labute approximate surface area is 217 Å². The maximum absolute atomic E-state index is 13.0. The number of hydrogen-bond donors (Lipinski definition) is 1. The fraction of sp³-hybridized carbons (Fsp3) is 0.240. The molecule has 0 spiro atoms. The Bertz CT molecular complexity index is 1520. The van der Waals surface area contributed by atoms with Crippen LogP contribution in [0.3, 0.4) is 0 Å². The molecule has 4 aromatic rings. The van der Waals surface area contributed by atoms with E-state index in [2.05, 4.69) is 5.16 Å². The lowest BCUT2D eigenvalue weighted by Crippen LogP contribution is -2.38. The number of nitrogens with zero attached hydrogens (tertiary/aromatic N) is 3. The first-order valence-electron chi connectivity index (χ1n) is 11.3. The van der Waals surface area contributed by atoms with Crippen molar-refractivity contribution in [3.8, 4) is 22.5 Å². The first-order valence-corrected chi connectivity index (χ1v) is 14.1. The summed E-state index contributed by atoms with van der Waals surface area (Å²) < 4.78 is 29.0. The maximum Gasteiger partial charge on any atom is 0.253 e. The molecule has 11 heteroatoms. The number of amides is 1. The molecule has 0 aliphatic carbocycles. The summed E-state index contributed by atoms with van der Waals surface area (Å²) in [5.41, 5.74) is 3.72. The van der Waals surface area contributed by atoms with Crippen molar-refractivity contribution in [1.82, 2.24) is 15.0 Å². The highest BCUT2D eigenvalue weighted by atomic mass is 35.5. The number of rotatable bonds is 5. The maximum atomic E-state index is 13.0. The van der Waals surface area contributed by atoms with Crippen LogP contribution >= 0.6 is 22.9 Å². The van der Waals surface area contributed by atoms with Crippen molar-refractivity contribution in [2.75, 3.05) is 13.1 Å². The van der Waals surface area contributed by atoms with E-state index in [-0.39, 0.29) is 27.3 Å². The zero-order chi connectivity index (χ0) is 25.4. The molecule has 0 atom stereocenters. The Morgan fingerprint density at radius 1 is 1.17 bits per heavy atom. The van der Waals surface area contributed by atoms with Crippen LogP contribution < -0.4 is 5.14 Å². The molecule has 5 rings (SSSR count). The molecule has 0 radical (unpaired) electrons. The summed E-state index contributed by atoms with van der Waals surface area (Å²) in [5, 5.41) is 12.5. The molecular formula is C25H23ClN4O4S2. The van der Waals surface area contributed by atoms with Crippen LogP contribution in [0.2, 0.25) is 5.02 Å². The summed E-state index contributed by atoms with van der Waals surface area (Å²) in [6.45, 7) is 2.95. The van der Waals surface area contributed by atoms with Crippen molar-refractivity contribution in [2.24, 2.45) is 5.14 Å². The Morgan fingerprint density at radius 2 is 1.89 bits per heavy atom. The third-order valence-corrected chi connectivity index (χ3v) is 8.70. The molecule has 36 heavy (non-hydrogen) atoms. The molecule has 1 amide bonds. The van der Waals surface area contributed by atoms with Gasteiger partial charge in [-0.05, 0) is 38.0 Å². The van der Waals surface area contributed by atoms with Crippen LogP contribution in [0.4, 0.5) is 0 Å². The summed E-state index contributed by atoms with van der Waals surface area (Å²) in [7, 11) is -4.03. The number of thiazole rings is 1. The lowest BCUT2D eigenvalue weighted by molar-refractivity contribution is 0.0712. The van der Waals surface area contributed by atoms with Crippen LogP contribution in [0.5, 0.6) is 0 Å². The molecule has 0 saturated carbocycles. The van der Waals surface area contributed by atoms with Gasteiger partial charge in [-0.15, -0.1) is 11.3 Å². The molecule has 2 aromatic heterocycles. The van der Waals surface area contributed by atoms with Crippen LogP contribution in [-0.2, 0) is 10.0 Å². The fourth-order valence-electron chi connectivity index (χ4n) is 4.42. The summed E-state index contributed by atoms with van der Waals surface area (Å²) in [6.07, 6.45) is 1.50. The molecular weight excluding hydrogens is 520 g/mol. The van der Waals surface area contributed by atoms with Crippen LogP contribution in [0, 0.1) is 6.92 Å². The van der Waals surface area contributed by atoms with E-state index in [9.17, 15) is 13.2 Å². The van der Waals surface area contributed by atoms with E-state index in [1.165, 1.54) is 18.2 Å². The largest absolute Gasteiger partial charge is 0.360 e. The fourth-order valence-corrected chi connectivity index (χ4v) is 6.48. The van der Waals surface area contributed by atoms with Crippen molar-refractivity contribution in [3.63, 3.8) is 0 Å². The average molecular weight is 543 g/mol. The summed E-state index contributed by atoms with van der Waals surface area (Å²) in [6, 6.07) is 14.0. The zero-order valence-corrected chi connectivity index (χ0v) is 21.7.